The van der Waals surface area contributed by atoms with Crippen LogP contribution in [0.2, 0.25) is 0 Å². The Morgan fingerprint density at radius 1 is 0.429 bits per heavy atom. The van der Waals surface area contributed by atoms with E-state index in [2.05, 4.69) is 198 Å². The quantitative estimate of drug-likeness (QED) is 0.192. The molecule has 4 heterocycles. The lowest BCUT2D eigenvalue weighted by Crippen LogP contribution is -2.36. The fraction of sp³-hybridized carbons (Fsp3) is 0.0175. The summed E-state index contributed by atoms with van der Waals surface area (Å²) in [5, 5.41) is 17.8. The molecule has 0 amide bonds. The average molecular weight is 823 g/mol. The number of hydrogen-bond acceptors (Lipinski definition) is 5. The predicted molar refractivity (Wildman–Crippen MR) is 265 cm³/mol. The SMILES string of the molecule is c1ccc2cc3c(cc2c1)c1cc2ccccc2cc1n3-c1cc2c(cc1C1N=C(c3cccc4ccccc34)NC(c3cccc4sc5ccccc5c34)=N1)oc1ccccc12. The van der Waals surface area contributed by atoms with Crippen LogP contribution in [0.25, 0.3) is 102 Å². The highest BCUT2D eigenvalue weighted by atomic mass is 32.1. The van der Waals surface area contributed by atoms with Crippen molar-refractivity contribution in [1.82, 2.24) is 9.88 Å². The number of hydrogen-bond donors (Lipinski definition) is 1. The van der Waals surface area contributed by atoms with Crippen molar-refractivity contribution in [3.63, 3.8) is 0 Å². The number of benzene rings is 10. The number of rotatable bonds is 4. The zero-order valence-corrected chi connectivity index (χ0v) is 34.5. The molecule has 0 saturated carbocycles. The summed E-state index contributed by atoms with van der Waals surface area (Å²) in [7, 11) is 0. The summed E-state index contributed by atoms with van der Waals surface area (Å²) in [5.74, 6) is 1.55. The van der Waals surface area contributed by atoms with Crippen molar-refractivity contribution >= 4 is 119 Å². The molecule has 1 aliphatic rings. The van der Waals surface area contributed by atoms with Gasteiger partial charge in [-0.15, -0.1) is 11.3 Å². The minimum atomic E-state index is -0.642. The second kappa shape index (κ2) is 13.2. The maximum Gasteiger partial charge on any atom is 0.171 e. The highest BCUT2D eigenvalue weighted by Gasteiger charge is 2.28. The van der Waals surface area contributed by atoms with Crippen LogP contribution in [0.15, 0.2) is 209 Å². The van der Waals surface area contributed by atoms with E-state index in [4.69, 9.17) is 14.4 Å². The van der Waals surface area contributed by atoms with Gasteiger partial charge in [-0.1, -0.05) is 140 Å². The third-order valence-corrected chi connectivity index (χ3v) is 14.1. The maximum absolute atomic E-state index is 6.70. The van der Waals surface area contributed by atoms with Crippen molar-refractivity contribution in [2.45, 2.75) is 6.17 Å². The Labute approximate surface area is 364 Å². The molecule has 0 saturated heterocycles. The summed E-state index contributed by atoms with van der Waals surface area (Å²) < 4.78 is 11.6. The van der Waals surface area contributed by atoms with Crippen molar-refractivity contribution < 1.29 is 4.42 Å². The number of aliphatic imine (C=N–C) groups is 2. The minimum Gasteiger partial charge on any atom is -0.456 e. The third-order valence-electron chi connectivity index (χ3n) is 13.0. The highest BCUT2D eigenvalue weighted by molar-refractivity contribution is 7.25. The van der Waals surface area contributed by atoms with Gasteiger partial charge in [0, 0.05) is 58.4 Å². The molecule has 1 atom stereocenters. The molecular weight excluding hydrogens is 789 g/mol. The molecule has 6 heteroatoms. The number of nitrogens with one attached hydrogen (secondary N) is 1. The van der Waals surface area contributed by atoms with Gasteiger partial charge in [0.2, 0.25) is 0 Å². The van der Waals surface area contributed by atoms with E-state index in [1.165, 1.54) is 52.5 Å². The topological polar surface area (TPSA) is 54.8 Å². The van der Waals surface area contributed by atoms with Crippen molar-refractivity contribution in [2.75, 3.05) is 0 Å². The molecule has 0 fully saturated rings. The molecule has 294 valence electrons. The van der Waals surface area contributed by atoms with Crippen LogP contribution < -0.4 is 5.32 Å². The lowest BCUT2D eigenvalue weighted by molar-refractivity contribution is 0.665. The lowest BCUT2D eigenvalue weighted by atomic mass is 10.0. The van der Waals surface area contributed by atoms with Crippen LogP contribution in [0.1, 0.15) is 22.9 Å². The van der Waals surface area contributed by atoms with Gasteiger partial charge < -0.3 is 14.3 Å². The van der Waals surface area contributed by atoms with Crippen LogP contribution >= 0.6 is 11.3 Å². The molecule has 0 aliphatic carbocycles. The predicted octanol–water partition coefficient (Wildman–Crippen LogP) is 15.0. The van der Waals surface area contributed by atoms with Crippen molar-refractivity contribution in [3.8, 4) is 5.69 Å². The van der Waals surface area contributed by atoms with Crippen LogP contribution in [0, 0.1) is 0 Å². The van der Waals surface area contributed by atoms with Crippen molar-refractivity contribution in [2.24, 2.45) is 9.98 Å². The molecule has 10 aromatic carbocycles. The largest absolute Gasteiger partial charge is 0.456 e. The fourth-order valence-electron chi connectivity index (χ4n) is 10.1. The molecular formula is C57H34N4OS. The van der Waals surface area contributed by atoms with E-state index in [0.29, 0.717) is 0 Å². The van der Waals surface area contributed by atoms with Crippen LogP contribution in [0.5, 0.6) is 0 Å². The number of aromatic nitrogens is 1. The number of nitrogens with zero attached hydrogens (tertiary/aromatic N) is 3. The fourth-order valence-corrected chi connectivity index (χ4v) is 11.2. The van der Waals surface area contributed by atoms with Gasteiger partial charge in [0.25, 0.3) is 0 Å². The van der Waals surface area contributed by atoms with Gasteiger partial charge in [-0.3, -0.25) is 0 Å². The highest BCUT2D eigenvalue weighted by Crippen LogP contribution is 2.44. The summed E-state index contributed by atoms with van der Waals surface area (Å²) in [6.07, 6.45) is -0.642. The smallest absolute Gasteiger partial charge is 0.171 e. The average Bonchev–Trinajstić information content (AvgIpc) is 4.00. The molecule has 5 nitrogen and oxygen atoms in total. The molecule has 1 unspecified atom stereocenters. The monoisotopic (exact) mass is 822 g/mol. The summed E-state index contributed by atoms with van der Waals surface area (Å²) in [5.41, 5.74) is 7.92. The number of fused-ring (bicyclic) bond motifs is 12. The van der Waals surface area contributed by atoms with Crippen LogP contribution in [-0.4, -0.2) is 16.2 Å². The summed E-state index contributed by atoms with van der Waals surface area (Å²) >= 11 is 1.81. The Morgan fingerprint density at radius 2 is 0.984 bits per heavy atom. The summed E-state index contributed by atoms with van der Waals surface area (Å²) in [4.78, 5) is 11.3. The molecule has 0 spiro atoms. The van der Waals surface area contributed by atoms with E-state index in [1.54, 1.807) is 0 Å². The summed E-state index contributed by atoms with van der Waals surface area (Å²) in [6, 6.07) is 69.8. The van der Waals surface area contributed by atoms with Gasteiger partial charge in [-0.25, -0.2) is 9.98 Å². The van der Waals surface area contributed by atoms with Crippen LogP contribution in [0.4, 0.5) is 0 Å². The van der Waals surface area contributed by atoms with E-state index in [9.17, 15) is 0 Å². The third kappa shape index (κ3) is 5.22. The van der Waals surface area contributed by atoms with Crippen LogP contribution in [0.3, 0.4) is 0 Å². The second-order valence-electron chi connectivity index (χ2n) is 16.5. The van der Waals surface area contributed by atoms with E-state index >= 15 is 0 Å². The Bertz CT molecular complexity index is 4050. The Kier molecular flexibility index (Phi) is 7.27. The maximum atomic E-state index is 6.70. The molecule has 0 bridgehead atoms. The second-order valence-corrected chi connectivity index (χ2v) is 17.6. The van der Waals surface area contributed by atoms with E-state index < -0.39 is 6.17 Å². The van der Waals surface area contributed by atoms with Gasteiger partial charge in [0.1, 0.15) is 22.8 Å². The standard InChI is InChI=1S/C57H34N4OS/c1-3-16-36-29-47-43(27-34(36)14-1)44-28-35-15-2-4-17-37(35)30-48(44)61(47)49-31-45-39-20-7-9-24-50(39)62-51(45)32-46(49)57-59-55(40-22-11-18-33-13-5-6-19-38(33)40)58-56(60-57)42-23-12-26-53-54(42)41-21-8-10-25-52(41)63-53/h1-32,57H,(H,58,59,60). The first-order valence-electron chi connectivity index (χ1n) is 21.3. The van der Waals surface area contributed by atoms with Gasteiger partial charge in [-0.2, -0.15) is 0 Å². The normalized spacial score (nSPS) is 14.5. The zero-order valence-electron chi connectivity index (χ0n) is 33.7. The number of amidine groups is 2. The molecule has 1 N–H and O–H groups in total. The first kappa shape index (κ1) is 34.6. The molecule has 0 radical (unpaired) electrons. The molecule has 13 aromatic rings. The molecule has 3 aromatic heterocycles. The van der Waals surface area contributed by atoms with Gasteiger partial charge in [0.15, 0.2) is 6.17 Å². The minimum absolute atomic E-state index is 0.642. The van der Waals surface area contributed by atoms with Crippen LogP contribution in [-0.2, 0) is 0 Å². The van der Waals surface area contributed by atoms with Gasteiger partial charge in [-0.05, 0) is 86.9 Å². The van der Waals surface area contributed by atoms with E-state index in [1.807, 2.05) is 17.4 Å². The lowest BCUT2D eigenvalue weighted by Gasteiger charge is -2.25. The molecule has 14 rings (SSSR count). The zero-order chi connectivity index (χ0) is 41.2. The van der Waals surface area contributed by atoms with Gasteiger partial charge in [0.05, 0.1) is 16.7 Å². The number of thiophene rings is 1. The first-order chi connectivity index (χ1) is 31.2. The Morgan fingerprint density at radius 3 is 1.73 bits per heavy atom. The summed E-state index contributed by atoms with van der Waals surface area (Å²) in [6.45, 7) is 0. The number of para-hydroxylation sites is 1. The van der Waals surface area contributed by atoms with Crippen molar-refractivity contribution in [3.05, 3.63) is 211 Å². The van der Waals surface area contributed by atoms with E-state index in [-0.39, 0.29) is 0 Å². The molecule has 63 heavy (non-hydrogen) atoms. The Balaban J connectivity index is 1.11. The Hall–Kier alpha value is -8.06. The molecule has 1 aliphatic heterocycles. The van der Waals surface area contributed by atoms with Gasteiger partial charge >= 0.3 is 0 Å². The van der Waals surface area contributed by atoms with E-state index in [0.717, 1.165) is 77.8 Å². The number of furan rings is 1. The van der Waals surface area contributed by atoms with Crippen molar-refractivity contribution in [1.29, 1.82) is 0 Å². The first-order valence-corrected chi connectivity index (χ1v) is 22.1.